The lowest BCUT2D eigenvalue weighted by molar-refractivity contribution is 0.0433. The van der Waals surface area contributed by atoms with E-state index >= 15 is 0 Å². The molecule has 1 saturated heterocycles. The molecule has 98 valence electrons. The number of amidine groups is 1. The van der Waals surface area contributed by atoms with Crippen molar-refractivity contribution >= 4 is 5.84 Å². The maximum atomic E-state index is 8.62. The van der Waals surface area contributed by atoms with E-state index in [1.807, 2.05) is 0 Å². The van der Waals surface area contributed by atoms with Crippen molar-refractivity contribution < 1.29 is 9.94 Å². The van der Waals surface area contributed by atoms with E-state index in [1.165, 1.54) is 12.8 Å². The minimum Gasteiger partial charge on any atom is -0.409 e. The van der Waals surface area contributed by atoms with Crippen molar-refractivity contribution in [3.63, 3.8) is 0 Å². The molecule has 0 radical (unpaired) electrons. The third kappa shape index (κ3) is 3.33. The van der Waals surface area contributed by atoms with Crippen molar-refractivity contribution in [3.05, 3.63) is 0 Å². The molecule has 2 rings (SSSR count). The van der Waals surface area contributed by atoms with E-state index in [9.17, 15) is 0 Å². The van der Waals surface area contributed by atoms with Gasteiger partial charge in [-0.05, 0) is 38.0 Å². The molecule has 5 heteroatoms. The Kier molecular flexibility index (Phi) is 3.58. The van der Waals surface area contributed by atoms with Gasteiger partial charge in [-0.1, -0.05) is 5.16 Å². The van der Waals surface area contributed by atoms with Crippen LogP contribution in [-0.4, -0.2) is 36.3 Å². The molecule has 0 aromatic rings. The van der Waals surface area contributed by atoms with Gasteiger partial charge in [0.05, 0.1) is 0 Å². The molecule has 0 amide bonds. The van der Waals surface area contributed by atoms with Crippen molar-refractivity contribution in [2.75, 3.05) is 19.8 Å². The Labute approximate surface area is 102 Å². The van der Waals surface area contributed by atoms with Gasteiger partial charge >= 0.3 is 0 Å². The lowest BCUT2D eigenvalue weighted by Gasteiger charge is -2.36. The van der Waals surface area contributed by atoms with Crippen LogP contribution in [0.3, 0.4) is 0 Å². The van der Waals surface area contributed by atoms with Crippen molar-refractivity contribution in [2.24, 2.45) is 16.3 Å². The summed E-state index contributed by atoms with van der Waals surface area (Å²) in [5.41, 5.74) is 6.02. The smallest absolute Gasteiger partial charge is 0.139 e. The highest BCUT2D eigenvalue weighted by molar-refractivity contribution is 5.80. The van der Waals surface area contributed by atoms with E-state index < -0.39 is 0 Å². The molecule has 1 heterocycles. The molecule has 0 spiro atoms. The normalized spacial score (nSPS) is 26.8. The van der Waals surface area contributed by atoms with E-state index in [0.29, 0.717) is 12.3 Å². The van der Waals surface area contributed by atoms with Gasteiger partial charge in [0.25, 0.3) is 0 Å². The molecular formula is C12H23N3O2. The zero-order chi connectivity index (χ0) is 12.4. The Morgan fingerprint density at radius 3 is 2.53 bits per heavy atom. The quantitative estimate of drug-likeness (QED) is 0.291. The first-order valence-corrected chi connectivity index (χ1v) is 6.37. The van der Waals surface area contributed by atoms with E-state index in [1.54, 1.807) is 0 Å². The molecule has 17 heavy (non-hydrogen) atoms. The van der Waals surface area contributed by atoms with Gasteiger partial charge < -0.3 is 21.0 Å². The van der Waals surface area contributed by atoms with E-state index in [4.69, 9.17) is 15.7 Å². The van der Waals surface area contributed by atoms with Gasteiger partial charge in [-0.3, -0.25) is 0 Å². The zero-order valence-corrected chi connectivity index (χ0v) is 10.5. The molecule has 0 aromatic heterocycles. The fourth-order valence-electron chi connectivity index (χ4n) is 2.41. The lowest BCUT2D eigenvalue weighted by atomic mass is 9.91. The lowest BCUT2D eigenvalue weighted by Crippen LogP contribution is -2.49. The molecule has 4 N–H and O–H groups in total. The van der Waals surface area contributed by atoms with Crippen LogP contribution in [0.4, 0.5) is 0 Å². The number of hydrogen-bond donors (Lipinski definition) is 3. The van der Waals surface area contributed by atoms with Crippen molar-refractivity contribution in [1.82, 2.24) is 5.32 Å². The Hall–Kier alpha value is -0.810. The minimum atomic E-state index is 0.193. The summed E-state index contributed by atoms with van der Waals surface area (Å²) in [6.07, 6.45) is 5.16. The first kappa shape index (κ1) is 12.6. The monoisotopic (exact) mass is 241 g/mol. The standard InChI is InChI=1S/C12H23N3O2/c1-11(4-6-17-7-5-11)14-9-12(2-3-12)8-10(13)15-16/h14,16H,2-9H2,1H3,(H2,13,15). The fourth-order valence-corrected chi connectivity index (χ4v) is 2.41. The maximum Gasteiger partial charge on any atom is 0.139 e. The summed E-state index contributed by atoms with van der Waals surface area (Å²) in [6.45, 7) is 4.91. The van der Waals surface area contributed by atoms with Crippen LogP contribution < -0.4 is 11.1 Å². The summed E-state index contributed by atoms with van der Waals surface area (Å²) < 4.78 is 5.38. The van der Waals surface area contributed by atoms with Crippen molar-refractivity contribution in [2.45, 2.75) is 44.6 Å². The van der Waals surface area contributed by atoms with Gasteiger partial charge in [-0.2, -0.15) is 0 Å². The first-order valence-electron chi connectivity index (χ1n) is 6.37. The van der Waals surface area contributed by atoms with Gasteiger partial charge in [-0.25, -0.2) is 0 Å². The SMILES string of the molecule is CC1(NCC2(CC(N)=NO)CC2)CCOCC1. The van der Waals surface area contributed by atoms with Crippen molar-refractivity contribution in [1.29, 1.82) is 0 Å². The molecule has 2 aliphatic rings. The van der Waals surface area contributed by atoms with Crippen molar-refractivity contribution in [3.8, 4) is 0 Å². The fraction of sp³-hybridized carbons (Fsp3) is 0.917. The predicted molar refractivity (Wildman–Crippen MR) is 66.2 cm³/mol. The molecule has 0 atom stereocenters. The van der Waals surface area contributed by atoms with Crippen LogP contribution in [0.1, 0.15) is 39.0 Å². The van der Waals surface area contributed by atoms with E-state index in [-0.39, 0.29) is 11.0 Å². The van der Waals surface area contributed by atoms with Crippen LogP contribution in [0.2, 0.25) is 0 Å². The number of hydrogen-bond acceptors (Lipinski definition) is 4. The summed E-state index contributed by atoms with van der Waals surface area (Å²) in [5, 5.41) is 15.3. The van der Waals surface area contributed by atoms with Gasteiger partial charge in [0.1, 0.15) is 5.84 Å². The number of nitrogens with one attached hydrogen (secondary N) is 1. The molecule has 1 aliphatic heterocycles. The second kappa shape index (κ2) is 4.82. The van der Waals surface area contributed by atoms with Crippen LogP contribution in [0.25, 0.3) is 0 Å². The van der Waals surface area contributed by atoms with Crippen LogP contribution in [0, 0.1) is 5.41 Å². The average molecular weight is 241 g/mol. The summed E-state index contributed by atoms with van der Waals surface area (Å²) in [4.78, 5) is 0. The van der Waals surface area contributed by atoms with Gasteiger partial charge in [0, 0.05) is 31.7 Å². The first-order chi connectivity index (χ1) is 8.08. The molecule has 0 bridgehead atoms. The Bertz CT molecular complexity index is 294. The summed E-state index contributed by atoms with van der Waals surface area (Å²) in [7, 11) is 0. The van der Waals surface area contributed by atoms with E-state index in [2.05, 4.69) is 17.4 Å². The van der Waals surface area contributed by atoms with Gasteiger partial charge in [0.15, 0.2) is 0 Å². The van der Waals surface area contributed by atoms with Gasteiger partial charge in [-0.15, -0.1) is 0 Å². The number of nitrogens with zero attached hydrogens (tertiary/aromatic N) is 1. The molecule has 0 aromatic carbocycles. The molecule has 1 aliphatic carbocycles. The number of ether oxygens (including phenoxy) is 1. The molecule has 1 saturated carbocycles. The summed E-state index contributed by atoms with van der Waals surface area (Å²) in [5.74, 6) is 0.349. The predicted octanol–water partition coefficient (Wildman–Crippen LogP) is 1.06. The second-order valence-electron chi connectivity index (χ2n) is 5.79. The highest BCUT2D eigenvalue weighted by atomic mass is 16.5. The van der Waals surface area contributed by atoms with Crippen LogP contribution in [-0.2, 0) is 4.74 Å². The topological polar surface area (TPSA) is 79.9 Å². The third-order valence-electron chi connectivity index (χ3n) is 4.13. The van der Waals surface area contributed by atoms with Gasteiger partial charge in [0.2, 0.25) is 0 Å². The van der Waals surface area contributed by atoms with Crippen LogP contribution in [0.15, 0.2) is 5.16 Å². The Balaban J connectivity index is 1.81. The largest absolute Gasteiger partial charge is 0.409 e. The number of nitrogens with two attached hydrogens (primary N) is 1. The van der Waals surface area contributed by atoms with Crippen LogP contribution >= 0.6 is 0 Å². The van der Waals surface area contributed by atoms with Crippen LogP contribution in [0.5, 0.6) is 0 Å². The highest BCUT2D eigenvalue weighted by Crippen LogP contribution is 2.48. The maximum absolute atomic E-state index is 8.62. The Morgan fingerprint density at radius 2 is 2.00 bits per heavy atom. The molecule has 5 nitrogen and oxygen atoms in total. The Morgan fingerprint density at radius 1 is 1.35 bits per heavy atom. The average Bonchev–Trinajstić information content (AvgIpc) is 3.08. The summed E-state index contributed by atoms with van der Waals surface area (Å²) in [6, 6.07) is 0. The number of rotatable bonds is 5. The van der Waals surface area contributed by atoms with E-state index in [0.717, 1.165) is 32.6 Å². The second-order valence-corrected chi connectivity index (χ2v) is 5.79. The molecule has 0 unspecified atom stereocenters. The molecular weight excluding hydrogens is 218 g/mol. The third-order valence-corrected chi connectivity index (χ3v) is 4.13. The molecule has 2 fully saturated rings. The number of oxime groups is 1. The zero-order valence-electron chi connectivity index (χ0n) is 10.5. The minimum absolute atomic E-state index is 0.193. The summed E-state index contributed by atoms with van der Waals surface area (Å²) >= 11 is 0. The highest BCUT2D eigenvalue weighted by Gasteiger charge is 2.44.